The van der Waals surface area contributed by atoms with E-state index in [2.05, 4.69) is 10.6 Å². The molecule has 112 valence electrons. The predicted molar refractivity (Wildman–Crippen MR) is 84.0 cm³/mol. The first kappa shape index (κ1) is 15.4. The van der Waals surface area contributed by atoms with Gasteiger partial charge in [0.15, 0.2) is 5.11 Å². The maximum Gasteiger partial charge on any atom is 0.269 e. The zero-order chi connectivity index (χ0) is 15.2. The van der Waals surface area contributed by atoms with E-state index >= 15 is 0 Å². The molecular formula is C14H17N3O3S. The molecule has 6 nitrogen and oxygen atoms in total. The van der Waals surface area contributed by atoms with Crippen molar-refractivity contribution < 1.29 is 9.72 Å². The molecule has 1 amide bonds. The maximum atomic E-state index is 11.8. The normalized spacial score (nSPS) is 14.7. The van der Waals surface area contributed by atoms with Gasteiger partial charge in [0.1, 0.15) is 0 Å². The minimum absolute atomic E-state index is 0.0109. The number of nitro groups is 1. The molecule has 7 heteroatoms. The lowest BCUT2D eigenvalue weighted by molar-refractivity contribution is -0.384. The lowest BCUT2D eigenvalue weighted by Gasteiger charge is -2.11. The molecule has 0 radical (unpaired) electrons. The lowest BCUT2D eigenvalue weighted by atomic mass is 10.0. The van der Waals surface area contributed by atoms with Crippen LogP contribution in [0.25, 0.3) is 0 Å². The smallest absolute Gasteiger partial charge is 0.269 e. The van der Waals surface area contributed by atoms with E-state index in [1.165, 1.54) is 25.0 Å². The van der Waals surface area contributed by atoms with Crippen LogP contribution in [-0.2, 0) is 4.79 Å². The van der Waals surface area contributed by atoms with E-state index < -0.39 is 4.92 Å². The van der Waals surface area contributed by atoms with Gasteiger partial charge < -0.3 is 10.6 Å². The van der Waals surface area contributed by atoms with Crippen LogP contribution >= 0.6 is 12.2 Å². The molecule has 21 heavy (non-hydrogen) atoms. The van der Waals surface area contributed by atoms with Gasteiger partial charge in [-0.05, 0) is 43.1 Å². The summed E-state index contributed by atoms with van der Waals surface area (Å²) in [5, 5.41) is 16.2. The standard InChI is InChI=1S/C14H17N3O3S/c18-13(9-10-3-1-2-4-10)16-14(21)15-11-5-7-12(8-6-11)17(19)20/h5-8,10H,1-4,9H2,(H2,15,16,18,21). The van der Waals surface area contributed by atoms with Crippen LogP contribution in [0.15, 0.2) is 24.3 Å². The fourth-order valence-corrected chi connectivity index (χ4v) is 2.71. The van der Waals surface area contributed by atoms with E-state index in [9.17, 15) is 14.9 Å². The van der Waals surface area contributed by atoms with E-state index in [4.69, 9.17) is 12.2 Å². The molecule has 1 fully saturated rings. The van der Waals surface area contributed by atoms with Crippen LogP contribution in [-0.4, -0.2) is 15.9 Å². The van der Waals surface area contributed by atoms with Gasteiger partial charge in [-0.15, -0.1) is 0 Å². The summed E-state index contributed by atoms with van der Waals surface area (Å²) in [5.41, 5.74) is 0.614. The summed E-state index contributed by atoms with van der Waals surface area (Å²) in [5.74, 6) is 0.383. The second kappa shape index (κ2) is 7.12. The van der Waals surface area contributed by atoms with Crippen molar-refractivity contribution in [3.05, 3.63) is 34.4 Å². The molecular weight excluding hydrogens is 290 g/mol. The Morgan fingerprint density at radius 2 is 1.90 bits per heavy atom. The van der Waals surface area contributed by atoms with E-state index in [1.807, 2.05) is 0 Å². The Hall–Kier alpha value is -2.02. The average Bonchev–Trinajstić information content (AvgIpc) is 2.91. The molecule has 0 saturated heterocycles. The molecule has 0 aromatic heterocycles. The zero-order valence-electron chi connectivity index (χ0n) is 11.5. The monoisotopic (exact) mass is 307 g/mol. The van der Waals surface area contributed by atoms with Gasteiger partial charge in [-0.3, -0.25) is 14.9 Å². The molecule has 0 bridgehead atoms. The van der Waals surface area contributed by atoms with Gasteiger partial charge in [0.25, 0.3) is 5.69 Å². The maximum absolute atomic E-state index is 11.8. The highest BCUT2D eigenvalue weighted by molar-refractivity contribution is 7.80. The van der Waals surface area contributed by atoms with E-state index in [0.717, 1.165) is 12.8 Å². The first-order valence-electron chi connectivity index (χ1n) is 6.90. The minimum atomic E-state index is -0.467. The Bertz CT molecular complexity index is 539. The van der Waals surface area contributed by atoms with Crippen molar-refractivity contribution in [1.29, 1.82) is 0 Å². The molecule has 0 unspecified atom stereocenters. The first-order valence-corrected chi connectivity index (χ1v) is 7.30. The van der Waals surface area contributed by atoms with Gasteiger partial charge in [0.2, 0.25) is 5.91 Å². The summed E-state index contributed by atoms with van der Waals surface area (Å²) in [6.45, 7) is 0. The van der Waals surface area contributed by atoms with Crippen molar-refractivity contribution >= 4 is 34.6 Å². The Labute approximate surface area is 128 Å². The second-order valence-electron chi connectivity index (χ2n) is 5.16. The number of thiocarbonyl (C=S) groups is 1. The van der Waals surface area contributed by atoms with Crippen LogP contribution in [0, 0.1) is 16.0 Å². The fourth-order valence-electron chi connectivity index (χ4n) is 2.48. The number of hydrogen-bond acceptors (Lipinski definition) is 4. The molecule has 0 atom stereocenters. The van der Waals surface area contributed by atoms with E-state index in [0.29, 0.717) is 18.0 Å². The predicted octanol–water partition coefficient (Wildman–Crippen LogP) is 2.99. The zero-order valence-corrected chi connectivity index (χ0v) is 12.3. The number of carbonyl (C=O) groups excluding carboxylic acids is 1. The van der Waals surface area contributed by atoms with Gasteiger partial charge in [-0.25, -0.2) is 0 Å². The molecule has 1 aliphatic carbocycles. The third kappa shape index (κ3) is 4.78. The number of amides is 1. The number of nitro benzene ring substituents is 1. The summed E-state index contributed by atoms with van der Waals surface area (Å²) >= 11 is 5.06. The van der Waals surface area contributed by atoms with Gasteiger partial charge in [-0.1, -0.05) is 12.8 Å². The van der Waals surface area contributed by atoms with Gasteiger partial charge in [0, 0.05) is 24.2 Å². The van der Waals surface area contributed by atoms with Crippen LogP contribution in [0.3, 0.4) is 0 Å². The number of nitrogens with one attached hydrogen (secondary N) is 2. The van der Waals surface area contributed by atoms with Crippen molar-refractivity contribution in [3.8, 4) is 0 Å². The minimum Gasteiger partial charge on any atom is -0.332 e. The van der Waals surface area contributed by atoms with Crippen molar-refractivity contribution in [2.75, 3.05) is 5.32 Å². The number of rotatable bonds is 4. The van der Waals surface area contributed by atoms with Gasteiger partial charge >= 0.3 is 0 Å². The molecule has 2 N–H and O–H groups in total. The molecule has 1 aliphatic rings. The summed E-state index contributed by atoms with van der Waals surface area (Å²) < 4.78 is 0. The Balaban J connectivity index is 1.80. The van der Waals surface area contributed by atoms with Crippen molar-refractivity contribution in [2.24, 2.45) is 5.92 Å². The van der Waals surface area contributed by atoms with Gasteiger partial charge in [-0.2, -0.15) is 0 Å². The third-order valence-electron chi connectivity index (χ3n) is 3.54. The van der Waals surface area contributed by atoms with Crippen LogP contribution in [0.2, 0.25) is 0 Å². The van der Waals surface area contributed by atoms with Crippen molar-refractivity contribution in [3.63, 3.8) is 0 Å². The third-order valence-corrected chi connectivity index (χ3v) is 3.74. The van der Waals surface area contributed by atoms with Gasteiger partial charge in [0.05, 0.1) is 4.92 Å². The van der Waals surface area contributed by atoms with Crippen LogP contribution in [0.1, 0.15) is 32.1 Å². The van der Waals surface area contributed by atoms with E-state index in [-0.39, 0.29) is 16.7 Å². The lowest BCUT2D eigenvalue weighted by Crippen LogP contribution is -2.34. The topological polar surface area (TPSA) is 84.3 Å². The summed E-state index contributed by atoms with van der Waals surface area (Å²) in [7, 11) is 0. The highest BCUT2D eigenvalue weighted by Crippen LogP contribution is 2.27. The Kier molecular flexibility index (Phi) is 5.21. The Morgan fingerprint density at radius 1 is 1.29 bits per heavy atom. The number of carbonyl (C=O) groups is 1. The number of nitrogens with zero attached hydrogens (tertiary/aromatic N) is 1. The average molecular weight is 307 g/mol. The highest BCUT2D eigenvalue weighted by atomic mass is 32.1. The molecule has 1 aromatic rings. The molecule has 0 spiro atoms. The second-order valence-corrected chi connectivity index (χ2v) is 5.57. The molecule has 1 aromatic carbocycles. The number of non-ortho nitro benzene ring substituents is 1. The SMILES string of the molecule is O=C(CC1CCCC1)NC(=S)Nc1ccc([N+](=O)[O-])cc1. The summed E-state index contributed by atoms with van der Waals surface area (Å²) in [6.07, 6.45) is 5.11. The largest absolute Gasteiger partial charge is 0.332 e. The first-order chi connectivity index (χ1) is 10.0. The highest BCUT2D eigenvalue weighted by Gasteiger charge is 2.18. The summed E-state index contributed by atoms with van der Waals surface area (Å²) in [6, 6.07) is 5.86. The number of hydrogen-bond donors (Lipinski definition) is 2. The van der Waals surface area contributed by atoms with Crippen molar-refractivity contribution in [1.82, 2.24) is 5.32 Å². The quantitative estimate of drug-likeness (QED) is 0.507. The van der Waals surface area contributed by atoms with E-state index in [1.54, 1.807) is 12.1 Å². The van der Waals surface area contributed by atoms with Crippen LogP contribution in [0.5, 0.6) is 0 Å². The molecule has 1 saturated carbocycles. The summed E-state index contributed by atoms with van der Waals surface area (Å²) in [4.78, 5) is 21.9. The van der Waals surface area contributed by atoms with Crippen LogP contribution in [0.4, 0.5) is 11.4 Å². The molecule has 0 aliphatic heterocycles. The Morgan fingerprint density at radius 3 is 2.48 bits per heavy atom. The number of benzene rings is 1. The van der Waals surface area contributed by atoms with Crippen LogP contribution < -0.4 is 10.6 Å². The molecule has 0 heterocycles. The van der Waals surface area contributed by atoms with Crippen molar-refractivity contribution in [2.45, 2.75) is 32.1 Å². The number of anilines is 1. The molecule has 2 rings (SSSR count). The fraction of sp³-hybridized carbons (Fsp3) is 0.429.